The van der Waals surface area contributed by atoms with E-state index in [1.165, 1.54) is 110 Å². The molecule has 0 atom stereocenters. The number of halogens is 2. The Hall–Kier alpha value is -2.18. The Balaban J connectivity index is 0.00000220. The van der Waals surface area contributed by atoms with Crippen molar-refractivity contribution < 1.29 is 43.9 Å². The zero-order valence-corrected chi connectivity index (χ0v) is 28.7. The van der Waals surface area contributed by atoms with Gasteiger partial charge in [-0.25, -0.2) is 9.98 Å². The monoisotopic (exact) mass is 668 g/mol. The van der Waals surface area contributed by atoms with Crippen molar-refractivity contribution in [1.29, 1.82) is 0 Å². The molecule has 40 heavy (non-hydrogen) atoms. The second-order valence-electron chi connectivity index (χ2n) is 11.4. The van der Waals surface area contributed by atoms with Crippen LogP contribution in [-0.2, 0) is 12.8 Å². The standard InChI is InChI=1S/C34H44N4.2BrH/c1-9-24-19(4)22(7)35-30(24)16-29-21(6)26(11-3)32(37-29)18-34-28-15-13-12-14-27(28)33(38-34)17-31-25(10-2)20(5)23(8)36-31;;/h16-17,35-36H,9-15,18H2,1-8H3;2*1H/b29-16-,33-17-;;. The maximum Gasteiger partial charge on any atom is 0.209 e. The van der Waals surface area contributed by atoms with E-state index in [2.05, 4.69) is 87.5 Å². The fraction of sp³-hybridized carbons (Fsp3) is 0.471. The lowest BCUT2D eigenvalue weighted by atomic mass is 9.87. The normalized spacial score (nSPS) is 18.8. The van der Waals surface area contributed by atoms with Crippen molar-refractivity contribution in [3.05, 3.63) is 78.7 Å². The minimum absolute atomic E-state index is 0. The van der Waals surface area contributed by atoms with Crippen LogP contribution in [0, 0.1) is 27.7 Å². The van der Waals surface area contributed by atoms with Gasteiger partial charge in [-0.2, -0.15) is 0 Å². The van der Waals surface area contributed by atoms with Crippen LogP contribution in [0.3, 0.4) is 0 Å². The SMILES string of the molecule is CCC1=C(C)/C(=C/c2[nH]c(C)c(C)c2CC)[NH+]=C1CC1=[NH+]/C(=C\c2[nH]c(C)c(C)c2CC)C2=C1CCCC2.[Br-].[Br-]. The van der Waals surface area contributed by atoms with Crippen LogP contribution in [-0.4, -0.2) is 21.4 Å². The predicted octanol–water partition coefficient (Wildman–Crippen LogP) is -0.851. The van der Waals surface area contributed by atoms with Gasteiger partial charge in [-0.1, -0.05) is 20.8 Å². The highest BCUT2D eigenvalue weighted by Crippen LogP contribution is 2.33. The van der Waals surface area contributed by atoms with Gasteiger partial charge in [-0.15, -0.1) is 0 Å². The van der Waals surface area contributed by atoms with Gasteiger partial charge < -0.3 is 43.9 Å². The van der Waals surface area contributed by atoms with E-state index >= 15 is 0 Å². The lowest BCUT2D eigenvalue weighted by Gasteiger charge is -2.11. The minimum Gasteiger partial charge on any atom is -1.00 e. The molecule has 0 amide bonds. The molecule has 2 aliphatic heterocycles. The van der Waals surface area contributed by atoms with Crippen molar-refractivity contribution in [2.75, 3.05) is 0 Å². The van der Waals surface area contributed by atoms with Gasteiger partial charge in [-0.05, 0) is 102 Å². The smallest absolute Gasteiger partial charge is 0.209 e. The molecule has 0 saturated carbocycles. The van der Waals surface area contributed by atoms with Gasteiger partial charge in [0, 0.05) is 57.2 Å². The van der Waals surface area contributed by atoms with Gasteiger partial charge in [-0.3, -0.25) is 0 Å². The van der Waals surface area contributed by atoms with Gasteiger partial charge >= 0.3 is 0 Å². The number of aromatic nitrogens is 2. The summed E-state index contributed by atoms with van der Waals surface area (Å²) >= 11 is 0. The first-order valence-corrected chi connectivity index (χ1v) is 14.8. The Kier molecular flexibility index (Phi) is 10.7. The Morgan fingerprint density at radius 1 is 0.650 bits per heavy atom. The van der Waals surface area contributed by atoms with Crippen LogP contribution in [0.4, 0.5) is 0 Å². The van der Waals surface area contributed by atoms with Crippen molar-refractivity contribution >= 4 is 23.6 Å². The summed E-state index contributed by atoms with van der Waals surface area (Å²) < 4.78 is 0. The van der Waals surface area contributed by atoms with Gasteiger partial charge in [0.05, 0.1) is 0 Å². The summed E-state index contributed by atoms with van der Waals surface area (Å²) in [4.78, 5) is 15.1. The largest absolute Gasteiger partial charge is 1.00 e. The van der Waals surface area contributed by atoms with Crippen molar-refractivity contribution in [2.24, 2.45) is 0 Å². The molecule has 0 fully saturated rings. The molecular weight excluding hydrogens is 624 g/mol. The first-order chi connectivity index (χ1) is 18.3. The van der Waals surface area contributed by atoms with Gasteiger partial charge in [0.2, 0.25) is 11.4 Å². The van der Waals surface area contributed by atoms with E-state index in [4.69, 9.17) is 0 Å². The number of aryl methyl sites for hydroxylation is 2. The summed E-state index contributed by atoms with van der Waals surface area (Å²) in [6.45, 7) is 17.9. The fourth-order valence-electron chi connectivity index (χ4n) is 6.84. The van der Waals surface area contributed by atoms with E-state index < -0.39 is 0 Å². The zero-order chi connectivity index (χ0) is 27.1. The molecule has 4 nitrogen and oxygen atoms in total. The van der Waals surface area contributed by atoms with Crippen LogP contribution in [0.1, 0.15) is 111 Å². The van der Waals surface area contributed by atoms with E-state index in [9.17, 15) is 0 Å². The van der Waals surface area contributed by atoms with Gasteiger partial charge in [0.15, 0.2) is 11.4 Å². The number of aromatic amines is 2. The predicted molar refractivity (Wildman–Crippen MR) is 160 cm³/mol. The van der Waals surface area contributed by atoms with E-state index in [0.717, 1.165) is 25.7 Å². The van der Waals surface area contributed by atoms with Crippen molar-refractivity contribution in [3.63, 3.8) is 0 Å². The molecule has 2 aromatic rings. The first-order valence-electron chi connectivity index (χ1n) is 14.8. The zero-order valence-electron chi connectivity index (χ0n) is 25.6. The molecule has 0 bridgehead atoms. The van der Waals surface area contributed by atoms with Crippen LogP contribution < -0.4 is 43.9 Å². The lowest BCUT2D eigenvalue weighted by molar-refractivity contribution is -0.393. The second-order valence-corrected chi connectivity index (χ2v) is 11.4. The fourth-order valence-corrected chi connectivity index (χ4v) is 6.84. The van der Waals surface area contributed by atoms with Crippen LogP contribution in [0.15, 0.2) is 33.7 Å². The lowest BCUT2D eigenvalue weighted by Crippen LogP contribution is -3.00. The summed E-state index contributed by atoms with van der Waals surface area (Å²) in [5.41, 5.74) is 22.0. The van der Waals surface area contributed by atoms with Crippen molar-refractivity contribution in [1.82, 2.24) is 9.97 Å². The summed E-state index contributed by atoms with van der Waals surface area (Å²) in [6, 6.07) is 0. The minimum atomic E-state index is 0. The maximum atomic E-state index is 3.92. The average molecular weight is 671 g/mol. The number of rotatable bonds is 7. The molecule has 4 heterocycles. The summed E-state index contributed by atoms with van der Waals surface area (Å²) in [5.74, 6) is 0. The molecule has 0 spiro atoms. The Labute approximate surface area is 261 Å². The summed E-state index contributed by atoms with van der Waals surface area (Å²) in [5, 5.41) is 0. The van der Waals surface area contributed by atoms with Crippen LogP contribution in [0.5, 0.6) is 0 Å². The van der Waals surface area contributed by atoms with E-state index in [-0.39, 0.29) is 34.0 Å². The summed E-state index contributed by atoms with van der Waals surface area (Å²) in [6.07, 6.45) is 13.7. The molecule has 0 unspecified atom stereocenters. The molecule has 0 saturated heterocycles. The number of allylic oxidation sites excluding steroid dienone is 4. The topological polar surface area (TPSA) is 59.5 Å². The van der Waals surface area contributed by atoms with E-state index in [1.807, 2.05) is 0 Å². The molecule has 0 radical (unpaired) electrons. The molecule has 1 aliphatic carbocycles. The van der Waals surface area contributed by atoms with Gasteiger partial charge in [0.1, 0.15) is 6.42 Å². The Morgan fingerprint density at radius 2 is 1.15 bits per heavy atom. The molecule has 5 rings (SSSR count). The molecule has 216 valence electrons. The number of nitrogens with one attached hydrogen (secondary N) is 4. The van der Waals surface area contributed by atoms with Crippen LogP contribution in [0.25, 0.3) is 12.2 Å². The van der Waals surface area contributed by atoms with Crippen molar-refractivity contribution in [2.45, 2.75) is 107 Å². The third-order valence-electron chi connectivity index (χ3n) is 9.27. The molecule has 3 aliphatic rings. The third-order valence-corrected chi connectivity index (χ3v) is 9.27. The number of H-pyrrole nitrogens is 2. The molecule has 4 N–H and O–H groups in total. The highest BCUT2D eigenvalue weighted by Gasteiger charge is 2.37. The van der Waals surface area contributed by atoms with Crippen LogP contribution >= 0.6 is 0 Å². The Bertz CT molecular complexity index is 1480. The molecule has 6 heteroatoms. The second kappa shape index (κ2) is 13.2. The summed E-state index contributed by atoms with van der Waals surface area (Å²) in [7, 11) is 0. The number of hydrogen-bond donors (Lipinski definition) is 4. The first kappa shape index (κ1) is 32.3. The molecular formula is C34H46Br2N4. The van der Waals surface area contributed by atoms with E-state index in [1.54, 1.807) is 5.57 Å². The van der Waals surface area contributed by atoms with E-state index in [0.29, 0.717) is 0 Å². The molecule has 2 aromatic heterocycles. The average Bonchev–Trinajstić information content (AvgIpc) is 3.57. The maximum absolute atomic E-state index is 3.92. The van der Waals surface area contributed by atoms with Crippen LogP contribution in [0.2, 0.25) is 0 Å². The highest BCUT2D eigenvalue weighted by molar-refractivity contribution is 6.16. The highest BCUT2D eigenvalue weighted by atomic mass is 79.9. The molecule has 0 aromatic carbocycles. The number of hydrogen-bond acceptors (Lipinski definition) is 0. The Morgan fingerprint density at radius 3 is 1.68 bits per heavy atom. The third kappa shape index (κ3) is 5.76. The quantitative estimate of drug-likeness (QED) is 0.297. The van der Waals surface area contributed by atoms with Crippen molar-refractivity contribution in [3.8, 4) is 0 Å². The van der Waals surface area contributed by atoms with Gasteiger partial charge in [0.25, 0.3) is 0 Å².